The van der Waals surface area contributed by atoms with Gasteiger partial charge < -0.3 is 14.7 Å². The summed E-state index contributed by atoms with van der Waals surface area (Å²) in [5.41, 5.74) is 0.243. The zero-order valence-electron chi connectivity index (χ0n) is 11.0. The van der Waals surface area contributed by atoms with E-state index < -0.39 is 5.97 Å². The summed E-state index contributed by atoms with van der Waals surface area (Å²) in [6.07, 6.45) is 3.52. The van der Waals surface area contributed by atoms with Crippen LogP contribution in [-0.4, -0.2) is 35.1 Å². The Morgan fingerprint density at radius 3 is 2.85 bits per heavy atom. The first-order chi connectivity index (χ1) is 9.65. The van der Waals surface area contributed by atoms with E-state index in [2.05, 4.69) is 4.98 Å². The molecule has 106 valence electrons. The molecular formula is C14H16N2O4. The third-order valence-electron chi connectivity index (χ3n) is 3.58. The molecule has 1 aromatic heterocycles. The lowest BCUT2D eigenvalue weighted by atomic mass is 10.2. The van der Waals surface area contributed by atoms with Crippen molar-refractivity contribution in [2.24, 2.45) is 5.92 Å². The van der Waals surface area contributed by atoms with Gasteiger partial charge in [0.2, 0.25) is 11.8 Å². The SMILES string of the molecule is O=C(O)c1nc(OCC2CC2)ccc1N1CCCC1=O. The number of carbonyl (C=O) groups excluding carboxylic acids is 1. The molecule has 2 fully saturated rings. The van der Waals surface area contributed by atoms with E-state index in [1.807, 2.05) is 0 Å². The van der Waals surface area contributed by atoms with Crippen LogP contribution in [0.1, 0.15) is 36.2 Å². The number of amides is 1. The molecule has 1 aliphatic heterocycles. The average molecular weight is 276 g/mol. The molecule has 3 rings (SSSR count). The fraction of sp³-hybridized carbons (Fsp3) is 0.500. The maximum Gasteiger partial charge on any atom is 0.356 e. The van der Waals surface area contributed by atoms with Crippen molar-refractivity contribution in [2.45, 2.75) is 25.7 Å². The van der Waals surface area contributed by atoms with Gasteiger partial charge in [-0.2, -0.15) is 0 Å². The number of carboxylic acids is 1. The summed E-state index contributed by atoms with van der Waals surface area (Å²) < 4.78 is 5.49. The van der Waals surface area contributed by atoms with E-state index in [0.717, 1.165) is 19.3 Å². The van der Waals surface area contributed by atoms with Crippen molar-refractivity contribution in [3.05, 3.63) is 17.8 Å². The Balaban J connectivity index is 1.85. The highest BCUT2D eigenvalue weighted by molar-refractivity contribution is 6.01. The van der Waals surface area contributed by atoms with Gasteiger partial charge in [0, 0.05) is 19.0 Å². The zero-order chi connectivity index (χ0) is 14.1. The lowest BCUT2D eigenvalue weighted by Gasteiger charge is -2.18. The first-order valence-electron chi connectivity index (χ1n) is 6.82. The molecule has 1 saturated heterocycles. The highest BCUT2D eigenvalue weighted by atomic mass is 16.5. The van der Waals surface area contributed by atoms with E-state index in [4.69, 9.17) is 4.74 Å². The molecule has 0 spiro atoms. The Hall–Kier alpha value is -2.11. The molecule has 0 unspecified atom stereocenters. The Kier molecular flexibility index (Phi) is 3.30. The Labute approximate surface area is 116 Å². The van der Waals surface area contributed by atoms with Gasteiger partial charge in [0.25, 0.3) is 0 Å². The summed E-state index contributed by atoms with van der Waals surface area (Å²) in [7, 11) is 0. The largest absolute Gasteiger partial charge is 0.477 e. The first-order valence-corrected chi connectivity index (χ1v) is 6.82. The van der Waals surface area contributed by atoms with Gasteiger partial charge in [0.05, 0.1) is 12.3 Å². The maximum absolute atomic E-state index is 11.7. The molecule has 6 nitrogen and oxygen atoms in total. The van der Waals surface area contributed by atoms with Gasteiger partial charge in [-0.05, 0) is 31.2 Å². The number of hydrogen-bond donors (Lipinski definition) is 1. The summed E-state index contributed by atoms with van der Waals surface area (Å²) in [5.74, 6) is -0.313. The molecule has 1 aliphatic carbocycles. The number of pyridine rings is 1. The van der Waals surface area contributed by atoms with Crippen molar-refractivity contribution in [2.75, 3.05) is 18.1 Å². The van der Waals surface area contributed by atoms with Crippen LogP contribution in [0.2, 0.25) is 0 Å². The summed E-state index contributed by atoms with van der Waals surface area (Å²) in [5, 5.41) is 9.27. The Morgan fingerprint density at radius 2 is 2.25 bits per heavy atom. The molecule has 0 atom stereocenters. The fourth-order valence-electron chi connectivity index (χ4n) is 2.28. The van der Waals surface area contributed by atoms with Gasteiger partial charge in [-0.3, -0.25) is 4.79 Å². The third-order valence-corrected chi connectivity index (χ3v) is 3.58. The third kappa shape index (κ3) is 2.59. The van der Waals surface area contributed by atoms with Crippen LogP contribution < -0.4 is 9.64 Å². The predicted octanol–water partition coefficient (Wildman–Crippen LogP) is 1.70. The molecular weight excluding hydrogens is 260 g/mol. The van der Waals surface area contributed by atoms with Crippen molar-refractivity contribution in [3.8, 4) is 5.88 Å². The summed E-state index contributed by atoms with van der Waals surface area (Å²) >= 11 is 0. The molecule has 20 heavy (non-hydrogen) atoms. The number of rotatable bonds is 5. The second-order valence-corrected chi connectivity index (χ2v) is 5.23. The van der Waals surface area contributed by atoms with E-state index in [-0.39, 0.29) is 11.6 Å². The first kappa shape index (κ1) is 12.9. The summed E-state index contributed by atoms with van der Waals surface area (Å²) in [6, 6.07) is 3.25. The molecule has 1 N–H and O–H groups in total. The monoisotopic (exact) mass is 276 g/mol. The highest BCUT2D eigenvalue weighted by Crippen LogP contribution is 2.30. The normalized spacial score (nSPS) is 18.4. The molecule has 1 aromatic rings. The zero-order valence-corrected chi connectivity index (χ0v) is 11.0. The van der Waals surface area contributed by atoms with E-state index in [9.17, 15) is 14.7 Å². The minimum Gasteiger partial charge on any atom is -0.477 e. The van der Waals surface area contributed by atoms with E-state index >= 15 is 0 Å². The molecule has 1 saturated carbocycles. The van der Waals surface area contributed by atoms with Crippen LogP contribution in [0.5, 0.6) is 5.88 Å². The topological polar surface area (TPSA) is 79.7 Å². The van der Waals surface area contributed by atoms with Crippen LogP contribution in [0.3, 0.4) is 0 Å². The van der Waals surface area contributed by atoms with Gasteiger partial charge in [0.1, 0.15) is 0 Å². The van der Waals surface area contributed by atoms with Crippen molar-refractivity contribution in [1.29, 1.82) is 0 Å². The van der Waals surface area contributed by atoms with Gasteiger partial charge in [0.15, 0.2) is 5.69 Å². The Bertz CT molecular complexity index is 554. The van der Waals surface area contributed by atoms with E-state index in [1.165, 1.54) is 4.90 Å². The van der Waals surface area contributed by atoms with Crippen molar-refractivity contribution >= 4 is 17.6 Å². The van der Waals surface area contributed by atoms with E-state index in [1.54, 1.807) is 12.1 Å². The molecule has 0 bridgehead atoms. The molecule has 0 aromatic carbocycles. The van der Waals surface area contributed by atoms with E-state index in [0.29, 0.717) is 37.1 Å². The van der Waals surface area contributed by atoms with Gasteiger partial charge in [-0.15, -0.1) is 0 Å². The molecule has 6 heteroatoms. The van der Waals surface area contributed by atoms with Crippen molar-refractivity contribution in [1.82, 2.24) is 4.98 Å². The van der Waals surface area contributed by atoms with Gasteiger partial charge >= 0.3 is 5.97 Å². The number of aromatic nitrogens is 1. The smallest absolute Gasteiger partial charge is 0.356 e. The lowest BCUT2D eigenvalue weighted by molar-refractivity contribution is -0.117. The average Bonchev–Trinajstić information content (AvgIpc) is 3.17. The van der Waals surface area contributed by atoms with Crippen LogP contribution in [0.25, 0.3) is 0 Å². The minimum atomic E-state index is -1.14. The van der Waals surface area contributed by atoms with Crippen LogP contribution in [0.15, 0.2) is 12.1 Å². The second-order valence-electron chi connectivity index (χ2n) is 5.23. The highest BCUT2D eigenvalue weighted by Gasteiger charge is 2.27. The standard InChI is InChI=1S/C14H16N2O4/c17-12-2-1-7-16(12)10-5-6-11(15-13(10)14(18)19)20-8-9-3-4-9/h5-6,9H,1-4,7-8H2,(H,18,19). The van der Waals surface area contributed by atoms with Crippen molar-refractivity contribution in [3.63, 3.8) is 0 Å². The number of nitrogens with zero attached hydrogens (tertiary/aromatic N) is 2. The van der Waals surface area contributed by atoms with Crippen LogP contribution >= 0.6 is 0 Å². The summed E-state index contributed by atoms with van der Waals surface area (Å²) in [6.45, 7) is 1.12. The Morgan fingerprint density at radius 1 is 1.45 bits per heavy atom. The number of aromatic carboxylic acids is 1. The van der Waals surface area contributed by atoms with Gasteiger partial charge in [-0.1, -0.05) is 0 Å². The van der Waals surface area contributed by atoms with Crippen LogP contribution in [0, 0.1) is 5.92 Å². The quantitative estimate of drug-likeness (QED) is 0.885. The molecule has 0 radical (unpaired) electrons. The number of carbonyl (C=O) groups is 2. The lowest BCUT2D eigenvalue weighted by Crippen LogP contribution is -2.26. The second kappa shape index (κ2) is 5.11. The minimum absolute atomic E-state index is 0.0547. The fourth-order valence-corrected chi connectivity index (χ4v) is 2.28. The number of anilines is 1. The number of carboxylic acid groups (broad SMARTS) is 1. The summed E-state index contributed by atoms with van der Waals surface area (Å²) in [4.78, 5) is 28.6. The molecule has 1 amide bonds. The predicted molar refractivity (Wildman–Crippen MR) is 71.0 cm³/mol. The number of ether oxygens (including phenoxy) is 1. The van der Waals surface area contributed by atoms with Crippen molar-refractivity contribution < 1.29 is 19.4 Å². The maximum atomic E-state index is 11.7. The van der Waals surface area contributed by atoms with Gasteiger partial charge in [-0.25, -0.2) is 9.78 Å². The van der Waals surface area contributed by atoms with Crippen LogP contribution in [-0.2, 0) is 4.79 Å². The number of hydrogen-bond acceptors (Lipinski definition) is 4. The molecule has 2 aliphatic rings. The molecule has 2 heterocycles. The van der Waals surface area contributed by atoms with Crippen LogP contribution in [0.4, 0.5) is 5.69 Å².